The van der Waals surface area contributed by atoms with Crippen LogP contribution in [0.4, 0.5) is 5.82 Å². The minimum absolute atomic E-state index is 0.0984. The number of hydrogen-bond acceptors (Lipinski definition) is 6. The van der Waals surface area contributed by atoms with Crippen molar-refractivity contribution in [2.75, 3.05) is 12.0 Å². The van der Waals surface area contributed by atoms with Gasteiger partial charge in [0.2, 0.25) is 5.91 Å². The van der Waals surface area contributed by atoms with E-state index in [1.807, 2.05) is 23.3 Å². The van der Waals surface area contributed by atoms with Gasteiger partial charge in [-0.05, 0) is 24.3 Å². The van der Waals surface area contributed by atoms with Crippen LogP contribution in [0.25, 0.3) is 10.2 Å². The summed E-state index contributed by atoms with van der Waals surface area (Å²) in [6.07, 6.45) is 2.01. The van der Waals surface area contributed by atoms with Crippen molar-refractivity contribution in [1.29, 1.82) is 0 Å². The van der Waals surface area contributed by atoms with Gasteiger partial charge in [0.1, 0.15) is 4.83 Å². The third-order valence-electron chi connectivity index (χ3n) is 3.64. The monoisotopic (exact) mass is 291 g/mol. The predicted octanol–water partition coefficient (Wildman–Crippen LogP) is 1.74. The van der Waals surface area contributed by atoms with Crippen LogP contribution in [-0.2, 0) is 11.3 Å². The summed E-state index contributed by atoms with van der Waals surface area (Å²) in [4.78, 5) is 23.8. The van der Waals surface area contributed by atoms with Gasteiger partial charge in [0.25, 0.3) is 0 Å². The maximum atomic E-state index is 12.1. The van der Waals surface area contributed by atoms with E-state index in [9.17, 15) is 4.79 Å². The summed E-state index contributed by atoms with van der Waals surface area (Å²) in [5.41, 5.74) is 2.61. The Morgan fingerprint density at radius 2 is 2.40 bits per heavy atom. The summed E-state index contributed by atoms with van der Waals surface area (Å²) in [6, 6.07) is 1.94. The second kappa shape index (κ2) is 5.34. The SMILES string of the molecule is CC1CCCN(Cc2nc(NN)c3ccsc3n2)C1=O. The second-order valence-electron chi connectivity index (χ2n) is 5.08. The van der Waals surface area contributed by atoms with E-state index in [-0.39, 0.29) is 11.8 Å². The second-order valence-corrected chi connectivity index (χ2v) is 5.97. The van der Waals surface area contributed by atoms with Crippen LogP contribution in [-0.4, -0.2) is 27.3 Å². The molecule has 6 nitrogen and oxygen atoms in total. The number of hydrogen-bond donors (Lipinski definition) is 2. The molecule has 1 unspecified atom stereocenters. The number of nitrogens with two attached hydrogens (primary N) is 1. The molecule has 2 aromatic heterocycles. The molecule has 0 bridgehead atoms. The van der Waals surface area contributed by atoms with Crippen LogP contribution in [0.1, 0.15) is 25.6 Å². The Bertz CT molecular complexity index is 641. The van der Waals surface area contributed by atoms with Crippen LogP contribution in [0, 0.1) is 5.92 Å². The molecule has 0 aromatic carbocycles. The highest BCUT2D eigenvalue weighted by molar-refractivity contribution is 7.16. The van der Waals surface area contributed by atoms with Crippen molar-refractivity contribution < 1.29 is 4.79 Å². The summed E-state index contributed by atoms with van der Waals surface area (Å²) in [7, 11) is 0. The minimum atomic E-state index is 0.0984. The molecule has 0 spiro atoms. The summed E-state index contributed by atoms with van der Waals surface area (Å²) in [6.45, 7) is 3.21. The number of likely N-dealkylation sites (tertiary alicyclic amines) is 1. The fourth-order valence-corrected chi connectivity index (χ4v) is 3.32. The minimum Gasteiger partial charge on any atom is -0.335 e. The number of nitrogens with one attached hydrogen (secondary N) is 1. The zero-order valence-corrected chi connectivity index (χ0v) is 12.1. The van der Waals surface area contributed by atoms with Crippen molar-refractivity contribution in [1.82, 2.24) is 14.9 Å². The molecule has 3 heterocycles. The van der Waals surface area contributed by atoms with E-state index in [0.717, 1.165) is 29.6 Å². The molecule has 0 saturated carbocycles. The number of rotatable bonds is 3. The van der Waals surface area contributed by atoms with E-state index in [1.54, 1.807) is 11.3 Å². The van der Waals surface area contributed by atoms with Crippen molar-refractivity contribution in [3.8, 4) is 0 Å². The van der Waals surface area contributed by atoms with Crippen LogP contribution in [0.5, 0.6) is 0 Å². The number of amides is 1. The average molecular weight is 291 g/mol. The van der Waals surface area contributed by atoms with Crippen LogP contribution in [0.15, 0.2) is 11.4 Å². The molecule has 2 aromatic rings. The normalized spacial score (nSPS) is 19.6. The standard InChI is InChI=1S/C13H17N5OS/c1-8-3-2-5-18(13(8)19)7-10-15-11(17-14)9-4-6-20-12(9)16-10/h4,6,8H,2-3,5,7,14H2,1H3,(H,15,16,17). The molecule has 106 valence electrons. The highest BCUT2D eigenvalue weighted by atomic mass is 32.1. The quantitative estimate of drug-likeness (QED) is 0.664. The largest absolute Gasteiger partial charge is 0.335 e. The lowest BCUT2D eigenvalue weighted by molar-refractivity contribution is -0.138. The van der Waals surface area contributed by atoms with E-state index in [1.165, 1.54) is 0 Å². The average Bonchev–Trinajstić information content (AvgIpc) is 2.91. The van der Waals surface area contributed by atoms with Gasteiger partial charge in [-0.2, -0.15) is 0 Å². The van der Waals surface area contributed by atoms with Crippen LogP contribution >= 0.6 is 11.3 Å². The maximum absolute atomic E-state index is 12.1. The van der Waals surface area contributed by atoms with Gasteiger partial charge in [-0.3, -0.25) is 4.79 Å². The number of nitrogens with zero attached hydrogens (tertiary/aromatic N) is 3. The van der Waals surface area contributed by atoms with Gasteiger partial charge in [0, 0.05) is 12.5 Å². The Morgan fingerprint density at radius 1 is 1.55 bits per heavy atom. The van der Waals surface area contributed by atoms with E-state index in [0.29, 0.717) is 18.2 Å². The molecule has 20 heavy (non-hydrogen) atoms. The lowest BCUT2D eigenvalue weighted by Crippen LogP contribution is -2.40. The molecule has 3 rings (SSSR count). The molecule has 1 aliphatic rings. The Kier molecular flexibility index (Phi) is 3.54. The maximum Gasteiger partial charge on any atom is 0.225 e. The lowest BCUT2D eigenvalue weighted by atomic mass is 9.99. The molecule has 7 heteroatoms. The molecule has 1 amide bonds. The van der Waals surface area contributed by atoms with Crippen molar-refractivity contribution in [2.45, 2.75) is 26.3 Å². The number of fused-ring (bicyclic) bond motifs is 1. The molecule has 1 aliphatic heterocycles. The van der Waals surface area contributed by atoms with E-state index >= 15 is 0 Å². The van der Waals surface area contributed by atoms with Gasteiger partial charge in [-0.25, -0.2) is 15.8 Å². The Labute approximate surface area is 121 Å². The Hall–Kier alpha value is -1.73. The molecule has 1 saturated heterocycles. The van der Waals surface area contributed by atoms with Gasteiger partial charge in [-0.15, -0.1) is 11.3 Å². The zero-order valence-electron chi connectivity index (χ0n) is 11.3. The summed E-state index contributed by atoms with van der Waals surface area (Å²) >= 11 is 1.54. The molecule has 0 aliphatic carbocycles. The Balaban J connectivity index is 1.88. The van der Waals surface area contributed by atoms with Crippen molar-refractivity contribution in [2.24, 2.45) is 11.8 Å². The number of anilines is 1. The number of nitrogen functional groups attached to an aromatic ring is 1. The first kappa shape index (κ1) is 13.3. The number of thiophene rings is 1. The van der Waals surface area contributed by atoms with Gasteiger partial charge < -0.3 is 10.3 Å². The first-order valence-electron chi connectivity index (χ1n) is 6.68. The van der Waals surface area contributed by atoms with Crippen LogP contribution < -0.4 is 11.3 Å². The van der Waals surface area contributed by atoms with Crippen molar-refractivity contribution >= 4 is 33.3 Å². The zero-order chi connectivity index (χ0) is 14.1. The van der Waals surface area contributed by atoms with Gasteiger partial charge in [0.15, 0.2) is 11.6 Å². The first-order chi connectivity index (χ1) is 9.69. The molecular formula is C13H17N5OS. The van der Waals surface area contributed by atoms with Gasteiger partial charge >= 0.3 is 0 Å². The van der Waals surface area contributed by atoms with Crippen LogP contribution in [0.3, 0.4) is 0 Å². The number of piperidine rings is 1. The fourth-order valence-electron chi connectivity index (χ4n) is 2.54. The number of carbonyl (C=O) groups excluding carboxylic acids is 1. The molecule has 1 fully saturated rings. The number of carbonyl (C=O) groups is 1. The first-order valence-corrected chi connectivity index (χ1v) is 7.56. The van der Waals surface area contributed by atoms with Gasteiger partial charge in [-0.1, -0.05) is 6.92 Å². The lowest BCUT2D eigenvalue weighted by Gasteiger charge is -2.30. The van der Waals surface area contributed by atoms with Gasteiger partial charge in [0.05, 0.1) is 11.9 Å². The van der Waals surface area contributed by atoms with Crippen LogP contribution in [0.2, 0.25) is 0 Å². The summed E-state index contributed by atoms with van der Waals surface area (Å²) in [5, 5.41) is 2.87. The highest BCUT2D eigenvalue weighted by Gasteiger charge is 2.26. The Morgan fingerprint density at radius 3 is 3.20 bits per heavy atom. The fraction of sp³-hybridized carbons (Fsp3) is 0.462. The molecule has 1 atom stereocenters. The molecule has 0 radical (unpaired) electrons. The molecule has 3 N–H and O–H groups in total. The van der Waals surface area contributed by atoms with E-state index < -0.39 is 0 Å². The smallest absolute Gasteiger partial charge is 0.225 e. The third kappa shape index (κ3) is 2.34. The number of hydrazine groups is 1. The predicted molar refractivity (Wildman–Crippen MR) is 79.0 cm³/mol. The molecular weight excluding hydrogens is 274 g/mol. The van der Waals surface area contributed by atoms with E-state index in [2.05, 4.69) is 15.4 Å². The summed E-state index contributed by atoms with van der Waals surface area (Å²) < 4.78 is 0. The van der Waals surface area contributed by atoms with Crippen molar-refractivity contribution in [3.05, 3.63) is 17.3 Å². The topological polar surface area (TPSA) is 84.1 Å². The summed E-state index contributed by atoms with van der Waals surface area (Å²) in [5.74, 6) is 7.05. The third-order valence-corrected chi connectivity index (χ3v) is 4.45. The van der Waals surface area contributed by atoms with E-state index in [4.69, 9.17) is 5.84 Å². The highest BCUT2D eigenvalue weighted by Crippen LogP contribution is 2.25. The number of aromatic nitrogens is 2. The van der Waals surface area contributed by atoms with Crippen molar-refractivity contribution in [3.63, 3.8) is 0 Å².